The van der Waals surface area contributed by atoms with Gasteiger partial charge in [0.1, 0.15) is 0 Å². The first kappa shape index (κ1) is 27.1. The number of Topliss-reactive ketones (excluding diaryl/α,β-unsaturated/α-hetero) is 1. The molecule has 0 aliphatic carbocycles. The molecule has 3 aromatic heterocycles. The summed E-state index contributed by atoms with van der Waals surface area (Å²) in [6.45, 7) is 9.04. The van der Waals surface area contributed by atoms with Crippen LogP contribution in [0.5, 0.6) is 0 Å². The minimum absolute atomic E-state index is 0.129. The summed E-state index contributed by atoms with van der Waals surface area (Å²) in [5.41, 5.74) is 9.62. The molecule has 0 saturated heterocycles. The fourth-order valence-electron chi connectivity index (χ4n) is 5.65. The van der Waals surface area contributed by atoms with E-state index in [1.54, 1.807) is 12.1 Å². The van der Waals surface area contributed by atoms with E-state index in [0.717, 1.165) is 27.8 Å². The first-order chi connectivity index (χ1) is 21.4. The summed E-state index contributed by atoms with van der Waals surface area (Å²) in [6, 6.07) is 7.17. The van der Waals surface area contributed by atoms with E-state index < -0.39 is 0 Å². The molecule has 0 aromatic carbocycles. The van der Waals surface area contributed by atoms with E-state index in [1.165, 1.54) is 31.1 Å². The largest absolute Gasteiger partial charge is 0.469 e. The predicted molar refractivity (Wildman–Crippen MR) is 168 cm³/mol. The molecule has 8 bridgehead atoms. The lowest BCUT2D eigenvalue weighted by atomic mass is 10.0. The molecule has 0 radical (unpaired) electrons. The Hall–Kier alpha value is -4.79. The van der Waals surface area contributed by atoms with Gasteiger partial charge in [0.15, 0.2) is 8.61 Å². The molecule has 5 heterocycles. The molecule has 0 atom stereocenters. The summed E-state index contributed by atoms with van der Waals surface area (Å²) in [7, 11) is 2.69. The Bertz CT molecular complexity index is 2020. The molecule has 3 aromatic rings. The van der Waals surface area contributed by atoms with Crippen LogP contribution in [0.4, 0.5) is 0 Å². The standard InChI is InChI=1S/C34H36N4O5/c1-17-12-22-13-26-18(2)23(8-10-32(40)42-6)29(36-26)16-30-24(9-11-33(41)43-7)19(3)27(37-30)15-28-20(4)34(21(5)39)31(38-28)14-25(17)35-22/h12-16,36,38H,8-11H2,1-7H3/i/hD2. The van der Waals surface area contributed by atoms with Gasteiger partial charge >= 0.3 is 11.9 Å². The first-order valence-electron chi connectivity index (χ1n) is 15.1. The average molecular weight is 583 g/mol. The van der Waals surface area contributed by atoms with Crippen molar-refractivity contribution < 1.29 is 26.7 Å². The number of rotatable bonds is 7. The van der Waals surface area contributed by atoms with E-state index in [-0.39, 0.29) is 30.6 Å². The molecule has 2 aliphatic heterocycles. The van der Waals surface area contributed by atoms with Crippen LogP contribution < -0.4 is 0 Å². The molecular formula is C34H36N4O5. The number of aromatic amines is 2. The third-order valence-corrected chi connectivity index (χ3v) is 8.12. The quantitative estimate of drug-likeness (QED) is 0.235. The molecule has 5 rings (SSSR count). The number of aromatic nitrogens is 4. The van der Waals surface area contributed by atoms with E-state index in [2.05, 4.69) is 0 Å². The van der Waals surface area contributed by atoms with E-state index in [0.29, 0.717) is 68.8 Å². The van der Waals surface area contributed by atoms with Crippen molar-refractivity contribution in [3.8, 4) is 0 Å². The maximum Gasteiger partial charge on any atom is 0.305 e. The molecule has 222 valence electrons. The Kier molecular flexibility index (Phi) is 7.45. The number of nitrogens with zero attached hydrogens (tertiary/aromatic N) is 2. The zero-order chi connectivity index (χ0) is 32.7. The molecule has 9 nitrogen and oxygen atoms in total. The molecule has 0 unspecified atom stereocenters. The van der Waals surface area contributed by atoms with Crippen molar-refractivity contribution in [2.75, 3.05) is 14.2 Å². The van der Waals surface area contributed by atoms with Crippen molar-refractivity contribution in [2.24, 2.45) is 0 Å². The van der Waals surface area contributed by atoms with Crippen LogP contribution in [0.1, 0.15) is 89.9 Å². The van der Waals surface area contributed by atoms with Crippen LogP contribution in [0, 0.1) is 13.8 Å². The Labute approximate surface area is 253 Å². The number of carbonyl (C=O) groups excluding carboxylic acids is 3. The van der Waals surface area contributed by atoms with Crippen molar-refractivity contribution in [3.05, 3.63) is 69.3 Å². The van der Waals surface area contributed by atoms with Crippen LogP contribution in [0.15, 0.2) is 24.3 Å². The molecule has 2 aliphatic rings. The number of aryl methyl sites for hydroxylation is 3. The number of H-pyrrole nitrogens is 2. The second-order valence-corrected chi connectivity index (χ2v) is 10.9. The maximum absolute atomic E-state index is 12.9. The number of ether oxygens (including phenoxy) is 2. The lowest BCUT2D eigenvalue weighted by Crippen LogP contribution is -2.02. The Balaban J connectivity index is 1.95. The molecular weight excluding hydrogens is 544 g/mol. The normalized spacial score (nSPS) is 13.4. The minimum atomic E-state index is -0.361. The van der Waals surface area contributed by atoms with Crippen LogP contribution in [-0.4, -0.2) is 51.9 Å². The SMILES string of the molecule is [2H]n1c2cc3nc(cc4c(C(C)=O)c(C)c(cc5nc(cc1c(CCC(=O)OC)c2C)C(CCC(=O)OC)=C5C)n4[2H])C(C)=C3. The molecule has 2 N–H and O–H groups in total. The van der Waals surface area contributed by atoms with Gasteiger partial charge in [-0.1, -0.05) is 0 Å². The summed E-state index contributed by atoms with van der Waals surface area (Å²) in [5.74, 6) is -0.881. The smallest absolute Gasteiger partial charge is 0.305 e. The number of nitrogens with one attached hydrogen (secondary N) is 2. The van der Waals surface area contributed by atoms with Gasteiger partial charge < -0.3 is 19.4 Å². The van der Waals surface area contributed by atoms with Crippen LogP contribution >= 0.6 is 0 Å². The minimum Gasteiger partial charge on any atom is -0.469 e. The van der Waals surface area contributed by atoms with Crippen molar-refractivity contribution in [2.45, 2.75) is 60.3 Å². The van der Waals surface area contributed by atoms with Gasteiger partial charge in [-0.05, 0) is 111 Å². The Morgan fingerprint density at radius 3 is 2.05 bits per heavy atom. The van der Waals surface area contributed by atoms with Crippen LogP contribution in [-0.2, 0) is 25.5 Å². The lowest BCUT2D eigenvalue weighted by Gasteiger charge is -2.04. The van der Waals surface area contributed by atoms with Crippen LogP contribution in [0.3, 0.4) is 0 Å². The topological polar surface area (TPSA) is 127 Å². The van der Waals surface area contributed by atoms with Gasteiger partial charge in [-0.2, -0.15) is 0 Å². The number of hydrogen-bond donors (Lipinski definition) is 2. The van der Waals surface area contributed by atoms with Crippen molar-refractivity contribution in [1.82, 2.24) is 19.9 Å². The van der Waals surface area contributed by atoms with E-state index in [9.17, 15) is 15.8 Å². The predicted octanol–water partition coefficient (Wildman–Crippen LogP) is 6.68. The van der Waals surface area contributed by atoms with Gasteiger partial charge in [-0.15, -0.1) is 0 Å². The highest BCUT2D eigenvalue weighted by atomic mass is 16.5. The molecule has 0 amide bonds. The summed E-state index contributed by atoms with van der Waals surface area (Å²) < 4.78 is 28.0. The van der Waals surface area contributed by atoms with Gasteiger partial charge in [0.05, 0.1) is 42.5 Å². The van der Waals surface area contributed by atoms with Gasteiger partial charge in [0.2, 0.25) is 0 Å². The number of esters is 2. The zero-order valence-corrected chi connectivity index (χ0v) is 25.5. The fourth-order valence-corrected chi connectivity index (χ4v) is 5.65. The summed E-state index contributed by atoms with van der Waals surface area (Å²) >= 11 is 0. The summed E-state index contributed by atoms with van der Waals surface area (Å²) in [6.07, 6.45) is 2.86. The zero-order valence-electron chi connectivity index (χ0n) is 27.5. The number of fused-ring (bicyclic) bond motifs is 8. The molecule has 0 saturated carbocycles. The van der Waals surface area contributed by atoms with E-state index in [1.807, 2.05) is 45.9 Å². The number of hydrogen-bond acceptors (Lipinski definition) is 7. The van der Waals surface area contributed by atoms with Gasteiger partial charge in [-0.3, -0.25) is 14.4 Å². The highest BCUT2D eigenvalue weighted by Crippen LogP contribution is 2.35. The van der Waals surface area contributed by atoms with Gasteiger partial charge in [-0.25, -0.2) is 9.97 Å². The van der Waals surface area contributed by atoms with E-state index >= 15 is 0 Å². The van der Waals surface area contributed by atoms with Gasteiger partial charge in [0.25, 0.3) is 0 Å². The summed E-state index contributed by atoms with van der Waals surface area (Å²) in [5, 5.41) is 0. The maximum atomic E-state index is 12.9. The van der Waals surface area contributed by atoms with Crippen molar-refractivity contribution >= 4 is 62.6 Å². The van der Waals surface area contributed by atoms with Crippen molar-refractivity contribution in [1.29, 1.82) is 0 Å². The Morgan fingerprint density at radius 1 is 0.767 bits per heavy atom. The first-order valence-corrected chi connectivity index (χ1v) is 14.2. The molecule has 43 heavy (non-hydrogen) atoms. The number of carbonyl (C=O) groups is 3. The van der Waals surface area contributed by atoms with Crippen molar-refractivity contribution in [3.63, 3.8) is 0 Å². The number of allylic oxidation sites excluding steroid dienone is 3. The fraction of sp³-hybridized carbons (Fsp3) is 0.324. The number of ketones is 1. The molecule has 0 spiro atoms. The molecule has 0 fully saturated rings. The Morgan fingerprint density at radius 2 is 1.37 bits per heavy atom. The second-order valence-electron chi connectivity index (χ2n) is 10.9. The summed E-state index contributed by atoms with van der Waals surface area (Å²) in [4.78, 5) is 49.5. The third kappa shape index (κ3) is 5.80. The number of methoxy groups -OCH3 is 2. The van der Waals surface area contributed by atoms with E-state index in [4.69, 9.17) is 20.9 Å². The second kappa shape index (κ2) is 11.8. The highest BCUT2D eigenvalue weighted by Gasteiger charge is 2.21. The molecule has 9 heteroatoms. The van der Waals surface area contributed by atoms with Crippen LogP contribution in [0.25, 0.3) is 44.9 Å². The highest BCUT2D eigenvalue weighted by molar-refractivity contribution is 6.05. The lowest BCUT2D eigenvalue weighted by molar-refractivity contribution is -0.141. The average Bonchev–Trinajstić information content (AvgIpc) is 3.64. The van der Waals surface area contributed by atoms with Crippen LogP contribution in [0.2, 0.25) is 2.82 Å². The third-order valence-electron chi connectivity index (χ3n) is 8.12. The van der Waals surface area contributed by atoms with Gasteiger partial charge in [0, 0.05) is 35.0 Å². The monoisotopic (exact) mass is 582 g/mol.